The molecular weight excluding hydrogens is 210 g/mol. The number of benzene rings is 1. The van der Waals surface area contributed by atoms with E-state index in [1.807, 2.05) is 0 Å². The summed E-state index contributed by atoms with van der Waals surface area (Å²) in [5, 5.41) is 3.63. The van der Waals surface area contributed by atoms with Crippen LogP contribution in [0.5, 0.6) is 0 Å². The van der Waals surface area contributed by atoms with E-state index in [1.54, 1.807) is 0 Å². The molecule has 1 heterocycles. The Kier molecular flexibility index (Phi) is 5.02. The van der Waals surface area contributed by atoms with Gasteiger partial charge in [0.2, 0.25) is 0 Å². The number of rotatable bonds is 6. The zero-order valence-corrected chi connectivity index (χ0v) is 10.7. The van der Waals surface area contributed by atoms with Crippen molar-refractivity contribution in [2.45, 2.75) is 44.8 Å². The fraction of sp³-hybridized carbons (Fsp3) is 0.600. The minimum Gasteiger partial charge on any atom is -0.377 e. The van der Waals surface area contributed by atoms with Crippen molar-refractivity contribution in [2.75, 3.05) is 13.2 Å². The Hall–Kier alpha value is -0.860. The van der Waals surface area contributed by atoms with Crippen LogP contribution in [0, 0.1) is 0 Å². The van der Waals surface area contributed by atoms with Gasteiger partial charge in [0.1, 0.15) is 0 Å². The Morgan fingerprint density at radius 3 is 2.82 bits per heavy atom. The maximum Gasteiger partial charge on any atom is 0.0732 e. The lowest BCUT2D eigenvalue weighted by molar-refractivity contribution is 0.0784. The molecule has 0 radical (unpaired) electrons. The van der Waals surface area contributed by atoms with E-state index in [-0.39, 0.29) is 0 Å². The lowest BCUT2D eigenvalue weighted by Gasteiger charge is -2.24. The molecule has 1 fully saturated rings. The number of ether oxygens (including phenoxy) is 1. The van der Waals surface area contributed by atoms with Crippen LogP contribution in [-0.4, -0.2) is 25.3 Å². The smallest absolute Gasteiger partial charge is 0.0732 e. The first-order valence-electron chi connectivity index (χ1n) is 6.79. The molecule has 0 aliphatic carbocycles. The summed E-state index contributed by atoms with van der Waals surface area (Å²) in [6.45, 7) is 4.23. The highest BCUT2D eigenvalue weighted by Gasteiger charge is 2.25. The Balaban J connectivity index is 1.94. The van der Waals surface area contributed by atoms with Crippen molar-refractivity contribution in [3.63, 3.8) is 0 Å². The van der Waals surface area contributed by atoms with Gasteiger partial charge >= 0.3 is 0 Å². The summed E-state index contributed by atoms with van der Waals surface area (Å²) in [5.41, 5.74) is 1.40. The molecule has 94 valence electrons. The monoisotopic (exact) mass is 233 g/mol. The quantitative estimate of drug-likeness (QED) is 0.816. The highest BCUT2D eigenvalue weighted by Crippen LogP contribution is 2.18. The first-order valence-corrected chi connectivity index (χ1v) is 6.79. The normalized spacial score (nSPS) is 21.6. The molecule has 0 spiro atoms. The van der Waals surface area contributed by atoms with Gasteiger partial charge in [-0.25, -0.2) is 0 Å². The van der Waals surface area contributed by atoms with E-state index < -0.39 is 0 Å². The van der Waals surface area contributed by atoms with Crippen LogP contribution in [0.15, 0.2) is 30.3 Å². The Morgan fingerprint density at radius 1 is 1.35 bits per heavy atom. The maximum atomic E-state index is 5.82. The van der Waals surface area contributed by atoms with E-state index in [0.717, 1.165) is 19.6 Å². The fourth-order valence-electron chi connectivity index (χ4n) is 2.45. The first-order chi connectivity index (χ1) is 8.40. The van der Waals surface area contributed by atoms with Crippen LogP contribution in [0.3, 0.4) is 0 Å². The molecule has 17 heavy (non-hydrogen) atoms. The van der Waals surface area contributed by atoms with Crippen molar-refractivity contribution in [3.8, 4) is 0 Å². The molecule has 0 unspecified atom stereocenters. The van der Waals surface area contributed by atoms with Crippen LogP contribution in [0.4, 0.5) is 0 Å². The molecule has 0 aromatic heterocycles. The summed E-state index contributed by atoms with van der Waals surface area (Å²) >= 11 is 0. The maximum absolute atomic E-state index is 5.82. The van der Waals surface area contributed by atoms with Crippen molar-refractivity contribution >= 4 is 0 Å². The van der Waals surface area contributed by atoms with E-state index in [4.69, 9.17) is 4.74 Å². The minimum atomic E-state index is 0.404. The molecule has 2 atom stereocenters. The molecule has 2 rings (SSSR count). The highest BCUT2D eigenvalue weighted by atomic mass is 16.5. The predicted molar refractivity (Wildman–Crippen MR) is 71.2 cm³/mol. The second-order valence-corrected chi connectivity index (χ2v) is 4.80. The number of hydrogen-bond acceptors (Lipinski definition) is 2. The van der Waals surface area contributed by atoms with E-state index in [0.29, 0.717) is 12.1 Å². The van der Waals surface area contributed by atoms with E-state index in [1.165, 1.54) is 24.8 Å². The molecule has 0 amide bonds. The van der Waals surface area contributed by atoms with E-state index >= 15 is 0 Å². The van der Waals surface area contributed by atoms with Gasteiger partial charge in [-0.05, 0) is 37.8 Å². The van der Waals surface area contributed by atoms with Gasteiger partial charge in [0.25, 0.3) is 0 Å². The molecular formula is C15H23NO. The van der Waals surface area contributed by atoms with Crippen molar-refractivity contribution in [3.05, 3.63) is 35.9 Å². The Bertz CT molecular complexity index is 306. The second kappa shape index (κ2) is 6.77. The average Bonchev–Trinajstić information content (AvgIpc) is 2.89. The Morgan fingerprint density at radius 2 is 2.18 bits per heavy atom. The third kappa shape index (κ3) is 3.83. The SMILES string of the molecule is CCCN[C@@H](Cc1ccccc1)[C@H]1CCCO1. The van der Waals surface area contributed by atoms with Gasteiger partial charge in [-0.2, -0.15) is 0 Å². The van der Waals surface area contributed by atoms with Gasteiger partial charge in [0.15, 0.2) is 0 Å². The standard InChI is InChI=1S/C15H23NO/c1-2-10-16-14(15-9-6-11-17-15)12-13-7-4-3-5-8-13/h3-5,7-8,14-16H,2,6,9-12H2,1H3/t14-,15+/m0/s1. The molecule has 1 saturated heterocycles. The molecule has 2 nitrogen and oxygen atoms in total. The van der Waals surface area contributed by atoms with Gasteiger partial charge in [-0.3, -0.25) is 0 Å². The minimum absolute atomic E-state index is 0.404. The predicted octanol–water partition coefficient (Wildman–Crippen LogP) is 2.78. The third-order valence-electron chi connectivity index (χ3n) is 3.37. The van der Waals surface area contributed by atoms with Gasteiger partial charge in [0.05, 0.1) is 6.10 Å². The fourth-order valence-corrected chi connectivity index (χ4v) is 2.45. The zero-order valence-electron chi connectivity index (χ0n) is 10.7. The van der Waals surface area contributed by atoms with Crippen LogP contribution in [0.1, 0.15) is 31.7 Å². The number of nitrogens with one attached hydrogen (secondary N) is 1. The summed E-state index contributed by atoms with van der Waals surface area (Å²) in [6.07, 6.45) is 5.07. The van der Waals surface area contributed by atoms with Gasteiger partial charge in [0, 0.05) is 12.6 Å². The van der Waals surface area contributed by atoms with Crippen LogP contribution < -0.4 is 5.32 Å². The van der Waals surface area contributed by atoms with Crippen molar-refractivity contribution in [2.24, 2.45) is 0 Å². The Labute approximate surface area is 104 Å². The van der Waals surface area contributed by atoms with Crippen molar-refractivity contribution in [1.29, 1.82) is 0 Å². The van der Waals surface area contributed by atoms with Crippen molar-refractivity contribution in [1.82, 2.24) is 5.32 Å². The van der Waals surface area contributed by atoms with Gasteiger partial charge < -0.3 is 10.1 Å². The second-order valence-electron chi connectivity index (χ2n) is 4.80. The molecule has 0 bridgehead atoms. The van der Waals surface area contributed by atoms with Gasteiger partial charge in [-0.1, -0.05) is 37.3 Å². The summed E-state index contributed by atoms with van der Waals surface area (Å²) in [6, 6.07) is 11.2. The third-order valence-corrected chi connectivity index (χ3v) is 3.37. The molecule has 1 aliphatic rings. The van der Waals surface area contributed by atoms with Crippen molar-refractivity contribution < 1.29 is 4.74 Å². The van der Waals surface area contributed by atoms with Crippen LogP contribution in [0.2, 0.25) is 0 Å². The highest BCUT2D eigenvalue weighted by molar-refractivity contribution is 5.16. The molecule has 1 aliphatic heterocycles. The lowest BCUT2D eigenvalue weighted by atomic mass is 9.99. The topological polar surface area (TPSA) is 21.3 Å². The largest absolute Gasteiger partial charge is 0.377 e. The molecule has 1 aromatic rings. The van der Waals surface area contributed by atoms with Crippen LogP contribution in [-0.2, 0) is 11.2 Å². The summed E-state index contributed by atoms with van der Waals surface area (Å²) < 4.78 is 5.82. The van der Waals surface area contributed by atoms with Crippen LogP contribution in [0.25, 0.3) is 0 Å². The van der Waals surface area contributed by atoms with E-state index in [2.05, 4.69) is 42.6 Å². The van der Waals surface area contributed by atoms with Gasteiger partial charge in [-0.15, -0.1) is 0 Å². The molecule has 1 N–H and O–H groups in total. The zero-order chi connectivity index (χ0) is 11.9. The first kappa shape index (κ1) is 12.6. The van der Waals surface area contributed by atoms with Crippen LogP contribution >= 0.6 is 0 Å². The molecule has 1 aromatic carbocycles. The molecule has 0 saturated carbocycles. The molecule has 2 heteroatoms. The average molecular weight is 233 g/mol. The summed E-state index contributed by atoms with van der Waals surface area (Å²) in [7, 11) is 0. The van der Waals surface area contributed by atoms with E-state index in [9.17, 15) is 0 Å². The summed E-state index contributed by atoms with van der Waals surface area (Å²) in [5.74, 6) is 0. The summed E-state index contributed by atoms with van der Waals surface area (Å²) in [4.78, 5) is 0. The number of hydrogen-bond donors (Lipinski definition) is 1. The lowest BCUT2D eigenvalue weighted by Crippen LogP contribution is -2.41.